The molecule has 36 valence electrons. The predicted octanol–water partition coefficient (Wildman–Crippen LogP) is 1.34. The first-order valence-corrected chi connectivity index (χ1v) is 3.01. The van der Waals surface area contributed by atoms with E-state index in [1.54, 1.807) is 0 Å². The quantitative estimate of drug-likeness (QED) is 0.394. The van der Waals surface area contributed by atoms with Crippen LogP contribution in [0.5, 0.6) is 0 Å². The normalized spacial score (nSPS) is 9.33. The van der Waals surface area contributed by atoms with Gasteiger partial charge in [0.2, 0.25) is 0 Å². The molecule has 0 fully saturated rings. The Hall–Kier alpha value is 0.415. The third-order valence-corrected chi connectivity index (χ3v) is 0.965. The molecular weight excluding hydrogens is 90.9 g/mol. The zero-order valence-corrected chi connectivity index (χ0v) is 5.33. The van der Waals surface area contributed by atoms with Gasteiger partial charge in [-0.25, -0.2) is 12.5 Å². The van der Waals surface area contributed by atoms with Crippen LogP contribution in [0.4, 0.5) is 0 Å². The van der Waals surface area contributed by atoms with E-state index in [9.17, 15) is 0 Å². The summed E-state index contributed by atoms with van der Waals surface area (Å²) in [6.07, 6.45) is 1.24. The lowest BCUT2D eigenvalue weighted by atomic mass is 9.93. The Bertz CT molecular complexity index is 28.7. The van der Waals surface area contributed by atoms with Gasteiger partial charge in [0.05, 0.1) is 0 Å². The minimum atomic E-state index is 0.822. The van der Waals surface area contributed by atoms with Crippen LogP contribution in [0.15, 0.2) is 0 Å². The second kappa shape index (κ2) is 3.60. The van der Waals surface area contributed by atoms with Crippen LogP contribution in [0, 0.1) is 5.92 Å². The first kappa shape index (κ1) is 6.41. The predicted molar refractivity (Wildman–Crippen MR) is 35.8 cm³/mol. The number of hydrogen-bond acceptors (Lipinski definition) is 1. The van der Waals surface area contributed by atoms with Crippen molar-refractivity contribution >= 4 is 19.0 Å². The molecule has 0 unspecified atom stereocenters. The van der Waals surface area contributed by atoms with Gasteiger partial charge in [0.15, 0.2) is 6.56 Å². The van der Waals surface area contributed by atoms with Crippen LogP contribution in [0.2, 0.25) is 6.32 Å². The van der Waals surface area contributed by atoms with Gasteiger partial charge in [-0.15, -0.1) is 0 Å². The molecule has 0 aromatic carbocycles. The number of rotatable bonds is 2. The molecule has 0 nitrogen and oxygen atoms in total. The summed E-state index contributed by atoms with van der Waals surface area (Å²) < 4.78 is 0. The second-order valence-corrected chi connectivity index (χ2v) is 2.35. The lowest BCUT2D eigenvalue weighted by Crippen LogP contribution is -1.86. The van der Waals surface area contributed by atoms with Crippen molar-refractivity contribution in [3.63, 3.8) is 0 Å². The van der Waals surface area contributed by atoms with Crippen molar-refractivity contribution in [2.45, 2.75) is 20.2 Å². The van der Waals surface area contributed by atoms with Crippen LogP contribution in [0.1, 0.15) is 13.8 Å². The fourth-order valence-electron chi connectivity index (χ4n) is 0.258. The highest BCUT2D eigenvalue weighted by Crippen LogP contribution is 1.98. The van der Waals surface area contributed by atoms with Gasteiger partial charge in [0, 0.05) is 0 Å². The molecule has 0 amide bonds. The first-order valence-electron chi connectivity index (χ1n) is 2.38. The number of hydrogen-bond donors (Lipinski definition) is 1. The summed E-state index contributed by atoms with van der Waals surface area (Å²) in [5, 5.41) is 0. The molecular formula is C4H11BS. The van der Waals surface area contributed by atoms with Crippen LogP contribution in [-0.4, -0.2) is 6.56 Å². The third-order valence-electron chi connectivity index (χ3n) is 0.706. The van der Waals surface area contributed by atoms with E-state index in [0.29, 0.717) is 0 Å². The molecule has 0 heterocycles. The molecule has 0 saturated carbocycles. The Balaban J connectivity index is 2.63. The molecule has 2 heteroatoms. The standard InChI is InChI=1S/C4H11BS/c1-4(2)3-5-6/h4-6H,3H2,1-2H3. The average molecular weight is 102 g/mol. The largest absolute Gasteiger partial charge is 0.232 e. The average Bonchev–Trinajstić information content (AvgIpc) is 1.35. The number of thiol groups is 1. The van der Waals surface area contributed by atoms with Gasteiger partial charge in [-0.2, -0.15) is 0 Å². The molecule has 0 bridgehead atoms. The molecule has 0 aliphatic heterocycles. The zero-order valence-electron chi connectivity index (χ0n) is 4.44. The van der Waals surface area contributed by atoms with Gasteiger partial charge in [-0.3, -0.25) is 0 Å². The summed E-state index contributed by atoms with van der Waals surface area (Å²) in [7, 11) is 0. The SMILES string of the molecule is CC(C)CBS. The van der Waals surface area contributed by atoms with Crippen molar-refractivity contribution in [1.29, 1.82) is 0 Å². The minimum Gasteiger partial charge on any atom is -0.232 e. The molecule has 0 aliphatic carbocycles. The molecule has 0 saturated heterocycles. The molecule has 0 aliphatic rings. The first-order chi connectivity index (χ1) is 2.77. The summed E-state index contributed by atoms with van der Waals surface area (Å²) >= 11 is 4.06. The van der Waals surface area contributed by atoms with Crippen LogP contribution in [0.25, 0.3) is 0 Å². The van der Waals surface area contributed by atoms with Gasteiger partial charge in [-0.05, 0) is 0 Å². The molecule has 0 aromatic rings. The van der Waals surface area contributed by atoms with E-state index in [-0.39, 0.29) is 0 Å². The van der Waals surface area contributed by atoms with Gasteiger partial charge in [0.1, 0.15) is 0 Å². The Morgan fingerprint density at radius 2 is 2.17 bits per heavy atom. The van der Waals surface area contributed by atoms with Crippen molar-refractivity contribution < 1.29 is 0 Å². The molecule has 0 rings (SSSR count). The minimum absolute atomic E-state index is 0.822. The Kier molecular flexibility index (Phi) is 3.85. The van der Waals surface area contributed by atoms with E-state index in [1.165, 1.54) is 6.32 Å². The van der Waals surface area contributed by atoms with E-state index in [0.717, 1.165) is 12.5 Å². The van der Waals surface area contributed by atoms with E-state index in [2.05, 4.69) is 26.3 Å². The Morgan fingerprint density at radius 3 is 2.17 bits per heavy atom. The van der Waals surface area contributed by atoms with Gasteiger partial charge in [-0.1, -0.05) is 26.1 Å². The van der Waals surface area contributed by atoms with Gasteiger partial charge in [0.25, 0.3) is 0 Å². The molecule has 0 radical (unpaired) electrons. The Morgan fingerprint density at radius 1 is 1.67 bits per heavy atom. The fraction of sp³-hybridized carbons (Fsp3) is 1.00. The maximum atomic E-state index is 4.06. The lowest BCUT2D eigenvalue weighted by Gasteiger charge is -1.94. The topological polar surface area (TPSA) is 0 Å². The molecule has 0 spiro atoms. The highest BCUT2D eigenvalue weighted by molar-refractivity contribution is 8.06. The van der Waals surface area contributed by atoms with Gasteiger partial charge < -0.3 is 0 Å². The summed E-state index contributed by atoms with van der Waals surface area (Å²) in [5.41, 5.74) is 0. The molecule has 0 aromatic heterocycles. The van der Waals surface area contributed by atoms with Crippen LogP contribution >= 0.6 is 12.5 Å². The lowest BCUT2D eigenvalue weighted by molar-refractivity contribution is 0.734. The Labute approximate surface area is 45.9 Å². The summed E-state index contributed by atoms with van der Waals surface area (Å²) in [5.74, 6) is 0.822. The maximum Gasteiger partial charge on any atom is 0.187 e. The van der Waals surface area contributed by atoms with E-state index >= 15 is 0 Å². The smallest absolute Gasteiger partial charge is 0.187 e. The van der Waals surface area contributed by atoms with Crippen LogP contribution < -0.4 is 0 Å². The molecule has 0 N–H and O–H groups in total. The van der Waals surface area contributed by atoms with Crippen molar-refractivity contribution in [2.75, 3.05) is 0 Å². The molecule has 6 heavy (non-hydrogen) atoms. The zero-order chi connectivity index (χ0) is 4.99. The maximum absolute atomic E-state index is 4.06. The van der Waals surface area contributed by atoms with Crippen LogP contribution in [0.3, 0.4) is 0 Å². The van der Waals surface area contributed by atoms with Gasteiger partial charge >= 0.3 is 0 Å². The van der Waals surface area contributed by atoms with E-state index in [4.69, 9.17) is 0 Å². The summed E-state index contributed by atoms with van der Waals surface area (Å²) in [6.45, 7) is 5.43. The monoisotopic (exact) mass is 102 g/mol. The highest BCUT2D eigenvalue weighted by atomic mass is 32.1. The second-order valence-electron chi connectivity index (χ2n) is 1.91. The van der Waals surface area contributed by atoms with Crippen molar-refractivity contribution in [3.05, 3.63) is 0 Å². The van der Waals surface area contributed by atoms with Crippen molar-refractivity contribution in [1.82, 2.24) is 0 Å². The summed E-state index contributed by atoms with van der Waals surface area (Å²) in [6, 6.07) is 0. The third kappa shape index (κ3) is 4.41. The summed E-state index contributed by atoms with van der Waals surface area (Å²) in [4.78, 5) is 0. The molecule has 0 atom stereocenters. The van der Waals surface area contributed by atoms with E-state index < -0.39 is 0 Å². The highest BCUT2D eigenvalue weighted by Gasteiger charge is 1.88. The van der Waals surface area contributed by atoms with Crippen LogP contribution in [-0.2, 0) is 0 Å². The van der Waals surface area contributed by atoms with Crippen molar-refractivity contribution in [3.8, 4) is 0 Å². The van der Waals surface area contributed by atoms with E-state index in [1.807, 2.05) is 0 Å². The van der Waals surface area contributed by atoms with Crippen molar-refractivity contribution in [2.24, 2.45) is 5.92 Å². The fourth-order valence-corrected chi connectivity index (χ4v) is 0.775.